The van der Waals surface area contributed by atoms with E-state index in [9.17, 15) is 9.59 Å². The molecule has 0 saturated carbocycles. The number of hydrazine groups is 1. The topological polar surface area (TPSA) is 109 Å². The monoisotopic (exact) mass is 416 g/mol. The van der Waals surface area contributed by atoms with E-state index in [-0.39, 0.29) is 17.6 Å². The molecule has 3 aromatic rings. The molecule has 10 heteroatoms. The highest BCUT2D eigenvalue weighted by molar-refractivity contribution is 7.99. The number of benzene rings is 1. The molecule has 2 heterocycles. The Labute approximate surface area is 170 Å². The summed E-state index contributed by atoms with van der Waals surface area (Å²) < 4.78 is 1.04. The minimum Gasteiger partial charge on any atom is -0.350 e. The number of amides is 2. The Morgan fingerprint density at radius 1 is 1.11 bits per heavy atom. The Kier molecular flexibility index (Phi) is 6.42. The molecule has 0 spiro atoms. The highest BCUT2D eigenvalue weighted by atomic mass is 32.2. The van der Waals surface area contributed by atoms with Crippen molar-refractivity contribution in [3.05, 3.63) is 41.7 Å². The number of fused-ring (bicyclic) bond motifs is 1. The molecule has 1 atom stereocenters. The summed E-state index contributed by atoms with van der Waals surface area (Å²) in [4.78, 5) is 37.1. The third kappa shape index (κ3) is 5.40. The van der Waals surface area contributed by atoms with Gasteiger partial charge in [-0.05, 0) is 39.0 Å². The highest BCUT2D eigenvalue weighted by Crippen LogP contribution is 2.25. The normalized spacial score (nSPS) is 11.8. The van der Waals surface area contributed by atoms with E-state index in [2.05, 4.69) is 31.1 Å². The molecule has 0 bridgehead atoms. The van der Waals surface area contributed by atoms with Gasteiger partial charge in [0.25, 0.3) is 5.91 Å². The van der Waals surface area contributed by atoms with Crippen LogP contribution in [0, 0.1) is 13.8 Å². The van der Waals surface area contributed by atoms with Crippen molar-refractivity contribution in [2.45, 2.75) is 32.0 Å². The molecule has 28 heavy (non-hydrogen) atoms. The molecule has 0 aliphatic rings. The van der Waals surface area contributed by atoms with E-state index < -0.39 is 6.04 Å². The zero-order valence-electron chi connectivity index (χ0n) is 15.6. The van der Waals surface area contributed by atoms with Crippen molar-refractivity contribution in [1.82, 2.24) is 25.8 Å². The molecule has 0 aliphatic heterocycles. The average Bonchev–Trinajstić information content (AvgIpc) is 3.05. The summed E-state index contributed by atoms with van der Waals surface area (Å²) >= 11 is 2.68. The molecule has 2 aromatic heterocycles. The Morgan fingerprint density at radius 3 is 2.54 bits per heavy atom. The third-order valence-electron chi connectivity index (χ3n) is 3.65. The van der Waals surface area contributed by atoms with Crippen LogP contribution in [0.4, 0.5) is 5.13 Å². The van der Waals surface area contributed by atoms with Gasteiger partial charge in [-0.2, -0.15) is 0 Å². The van der Waals surface area contributed by atoms with E-state index in [0.29, 0.717) is 10.3 Å². The average molecular weight is 417 g/mol. The van der Waals surface area contributed by atoms with E-state index in [1.54, 1.807) is 6.92 Å². The van der Waals surface area contributed by atoms with Gasteiger partial charge >= 0.3 is 0 Å². The van der Waals surface area contributed by atoms with Crippen molar-refractivity contribution < 1.29 is 9.59 Å². The number of hydrogen-bond acceptors (Lipinski definition) is 8. The molecule has 1 aromatic carbocycles. The Hall–Kier alpha value is -2.72. The van der Waals surface area contributed by atoms with Crippen molar-refractivity contribution in [2.24, 2.45) is 0 Å². The van der Waals surface area contributed by atoms with Gasteiger partial charge in [-0.15, -0.1) is 0 Å². The zero-order valence-corrected chi connectivity index (χ0v) is 17.3. The van der Waals surface area contributed by atoms with Crippen molar-refractivity contribution in [3.8, 4) is 0 Å². The van der Waals surface area contributed by atoms with Crippen LogP contribution in [-0.2, 0) is 9.59 Å². The maximum atomic E-state index is 12.2. The number of thiazole rings is 1. The predicted molar refractivity (Wildman–Crippen MR) is 111 cm³/mol. The lowest BCUT2D eigenvalue weighted by molar-refractivity contribution is -0.127. The maximum absolute atomic E-state index is 12.2. The summed E-state index contributed by atoms with van der Waals surface area (Å²) in [6, 6.07) is 9.05. The fourth-order valence-corrected chi connectivity index (χ4v) is 4.05. The summed E-state index contributed by atoms with van der Waals surface area (Å²) in [5, 5.41) is 4.23. The number of carbonyl (C=O) groups excluding carboxylic acids is 2. The van der Waals surface area contributed by atoms with Gasteiger partial charge in [0.15, 0.2) is 10.3 Å². The van der Waals surface area contributed by atoms with E-state index in [1.807, 2.05) is 44.2 Å². The van der Waals surface area contributed by atoms with Gasteiger partial charge in [-0.3, -0.25) is 20.4 Å². The van der Waals surface area contributed by atoms with Gasteiger partial charge in [0.2, 0.25) is 5.91 Å². The van der Waals surface area contributed by atoms with Crippen LogP contribution in [0.2, 0.25) is 0 Å². The maximum Gasteiger partial charge on any atom is 0.260 e. The second-order valence-electron chi connectivity index (χ2n) is 6.11. The first-order valence-corrected chi connectivity index (χ1v) is 10.4. The van der Waals surface area contributed by atoms with Gasteiger partial charge < -0.3 is 5.32 Å². The first kappa shape index (κ1) is 20.0. The molecule has 3 N–H and O–H groups in total. The number of para-hydroxylation sites is 1. The van der Waals surface area contributed by atoms with Gasteiger partial charge in [0, 0.05) is 11.4 Å². The molecule has 0 fully saturated rings. The summed E-state index contributed by atoms with van der Waals surface area (Å²) in [6.45, 7) is 5.45. The number of carbonyl (C=O) groups is 2. The van der Waals surface area contributed by atoms with Crippen molar-refractivity contribution >= 4 is 50.3 Å². The second-order valence-corrected chi connectivity index (χ2v) is 8.09. The third-order valence-corrected chi connectivity index (χ3v) is 5.46. The lowest BCUT2D eigenvalue weighted by atomic mass is 10.3. The Bertz CT molecular complexity index is 953. The quantitative estimate of drug-likeness (QED) is 0.322. The van der Waals surface area contributed by atoms with Crippen LogP contribution in [0.3, 0.4) is 0 Å². The van der Waals surface area contributed by atoms with Crippen LogP contribution in [0.1, 0.15) is 18.3 Å². The summed E-state index contributed by atoms with van der Waals surface area (Å²) in [5.41, 5.74) is 7.39. The van der Waals surface area contributed by atoms with Crippen LogP contribution in [0.5, 0.6) is 0 Å². The second kappa shape index (κ2) is 8.98. The van der Waals surface area contributed by atoms with Crippen LogP contribution < -0.4 is 16.2 Å². The van der Waals surface area contributed by atoms with Gasteiger partial charge in [-0.1, -0.05) is 35.2 Å². The fraction of sp³-hybridized carbons (Fsp3) is 0.278. The molecule has 146 valence electrons. The highest BCUT2D eigenvalue weighted by Gasteiger charge is 2.15. The number of nitrogens with zero attached hydrogens (tertiary/aromatic N) is 3. The van der Waals surface area contributed by atoms with E-state index >= 15 is 0 Å². The lowest BCUT2D eigenvalue weighted by Gasteiger charge is -2.13. The minimum absolute atomic E-state index is 0.100. The largest absolute Gasteiger partial charge is 0.350 e. The van der Waals surface area contributed by atoms with Crippen LogP contribution >= 0.6 is 23.1 Å². The molecule has 3 rings (SSSR count). The van der Waals surface area contributed by atoms with E-state index in [0.717, 1.165) is 21.6 Å². The SMILES string of the molecule is Cc1cc(C)nc(SCC(=O)NNC(=O)[C@H](C)Nc2nc3ccccc3s2)n1. The van der Waals surface area contributed by atoms with Gasteiger partial charge in [0.05, 0.1) is 16.0 Å². The van der Waals surface area contributed by atoms with Gasteiger partial charge in [0.1, 0.15) is 6.04 Å². The van der Waals surface area contributed by atoms with Crippen molar-refractivity contribution in [1.29, 1.82) is 0 Å². The molecule has 0 radical (unpaired) electrons. The number of thioether (sulfide) groups is 1. The zero-order chi connectivity index (χ0) is 20.1. The molecule has 8 nitrogen and oxygen atoms in total. The number of rotatable bonds is 6. The first-order valence-electron chi connectivity index (χ1n) is 8.56. The molecule has 0 saturated heterocycles. The molecule has 0 unspecified atom stereocenters. The van der Waals surface area contributed by atoms with Crippen LogP contribution in [0.25, 0.3) is 10.2 Å². The van der Waals surface area contributed by atoms with E-state index in [4.69, 9.17) is 0 Å². The summed E-state index contributed by atoms with van der Waals surface area (Å²) in [7, 11) is 0. The number of anilines is 1. The number of aromatic nitrogens is 3. The van der Waals surface area contributed by atoms with Crippen molar-refractivity contribution in [3.63, 3.8) is 0 Å². The van der Waals surface area contributed by atoms with Crippen LogP contribution in [0.15, 0.2) is 35.5 Å². The summed E-state index contributed by atoms with van der Waals surface area (Å²) in [5.74, 6) is -0.600. The Balaban J connectivity index is 1.45. The standard InChI is InChI=1S/C18H20N6O2S2/c1-10-8-11(2)20-17(19-10)27-9-15(25)23-24-16(26)12(3)21-18-22-13-6-4-5-7-14(13)28-18/h4-8,12H,9H2,1-3H3,(H,21,22)(H,23,25)(H,24,26)/t12-/m0/s1. The van der Waals surface area contributed by atoms with Crippen LogP contribution in [-0.4, -0.2) is 38.6 Å². The predicted octanol–water partition coefficient (Wildman–Crippen LogP) is 2.44. The lowest BCUT2D eigenvalue weighted by Crippen LogP contribution is -2.48. The number of hydrogen-bond donors (Lipinski definition) is 3. The first-order chi connectivity index (χ1) is 13.4. The van der Waals surface area contributed by atoms with E-state index in [1.165, 1.54) is 23.1 Å². The molecular weight excluding hydrogens is 396 g/mol. The Morgan fingerprint density at radius 2 is 1.82 bits per heavy atom. The fourth-order valence-electron chi connectivity index (χ4n) is 2.35. The molecule has 0 aliphatic carbocycles. The van der Waals surface area contributed by atoms with Gasteiger partial charge in [-0.25, -0.2) is 15.0 Å². The number of nitrogens with one attached hydrogen (secondary N) is 3. The molecule has 2 amide bonds. The summed E-state index contributed by atoms with van der Waals surface area (Å²) in [6.07, 6.45) is 0. The molecular formula is C18H20N6O2S2. The minimum atomic E-state index is -0.559. The van der Waals surface area contributed by atoms with Crippen molar-refractivity contribution in [2.75, 3.05) is 11.1 Å². The smallest absolute Gasteiger partial charge is 0.260 e. The number of aryl methyl sites for hydroxylation is 2.